The van der Waals surface area contributed by atoms with Crippen molar-refractivity contribution in [1.29, 1.82) is 0 Å². The lowest BCUT2D eigenvalue weighted by atomic mass is 10.2. The second-order valence-corrected chi connectivity index (χ2v) is 5.26. The van der Waals surface area contributed by atoms with Gasteiger partial charge in [-0.1, -0.05) is 5.16 Å². The van der Waals surface area contributed by atoms with Crippen LogP contribution in [-0.4, -0.2) is 27.8 Å². The topological polar surface area (TPSA) is 111 Å². The minimum atomic E-state index is -0.413. The largest absolute Gasteiger partial charge is 0.454 e. The molecular formula is C16H13N5O4. The van der Waals surface area contributed by atoms with E-state index in [1.807, 2.05) is 6.07 Å². The van der Waals surface area contributed by atoms with Crippen LogP contribution in [0.2, 0.25) is 0 Å². The first kappa shape index (κ1) is 14.9. The summed E-state index contributed by atoms with van der Waals surface area (Å²) < 4.78 is 15.5. The first-order chi connectivity index (χ1) is 12.2. The predicted octanol–water partition coefficient (Wildman–Crippen LogP) is 2.50. The van der Waals surface area contributed by atoms with Gasteiger partial charge in [0.25, 0.3) is 5.91 Å². The van der Waals surface area contributed by atoms with E-state index in [-0.39, 0.29) is 12.5 Å². The minimum Gasteiger partial charge on any atom is -0.454 e. The van der Waals surface area contributed by atoms with E-state index in [0.29, 0.717) is 28.9 Å². The lowest BCUT2D eigenvalue weighted by molar-refractivity contribution is 0.102. The Kier molecular flexibility index (Phi) is 3.65. The van der Waals surface area contributed by atoms with Crippen molar-refractivity contribution in [2.75, 3.05) is 17.4 Å². The van der Waals surface area contributed by atoms with Crippen molar-refractivity contribution in [3.8, 4) is 11.5 Å². The molecule has 9 heteroatoms. The Morgan fingerprint density at radius 2 is 1.96 bits per heavy atom. The maximum absolute atomic E-state index is 12.2. The number of ether oxygens (including phenoxy) is 2. The second-order valence-electron chi connectivity index (χ2n) is 5.26. The zero-order valence-electron chi connectivity index (χ0n) is 13.1. The molecule has 0 unspecified atom stereocenters. The van der Waals surface area contributed by atoms with Crippen LogP contribution in [0.5, 0.6) is 11.5 Å². The van der Waals surface area contributed by atoms with E-state index >= 15 is 0 Å². The van der Waals surface area contributed by atoms with E-state index in [1.54, 1.807) is 25.1 Å². The van der Waals surface area contributed by atoms with Crippen molar-refractivity contribution >= 4 is 23.2 Å². The first-order valence-electron chi connectivity index (χ1n) is 7.41. The summed E-state index contributed by atoms with van der Waals surface area (Å²) in [5.41, 5.74) is 0.945. The number of aromatic nitrogens is 3. The molecule has 2 aromatic heterocycles. The van der Waals surface area contributed by atoms with Gasteiger partial charge in [-0.2, -0.15) is 0 Å². The SMILES string of the molecule is Cc1cc(NC(=O)c2cc(Nc3ccc4c(c3)OCO4)ncn2)no1. The fourth-order valence-electron chi connectivity index (χ4n) is 2.28. The zero-order valence-corrected chi connectivity index (χ0v) is 13.1. The summed E-state index contributed by atoms with van der Waals surface area (Å²) in [5.74, 6) is 2.32. The number of rotatable bonds is 4. The molecule has 3 heterocycles. The second kappa shape index (κ2) is 6.11. The van der Waals surface area contributed by atoms with Gasteiger partial charge < -0.3 is 24.6 Å². The van der Waals surface area contributed by atoms with Gasteiger partial charge in [-0.15, -0.1) is 0 Å². The third-order valence-electron chi connectivity index (χ3n) is 3.41. The number of fused-ring (bicyclic) bond motifs is 1. The number of nitrogens with zero attached hydrogens (tertiary/aromatic N) is 3. The van der Waals surface area contributed by atoms with Crippen molar-refractivity contribution in [1.82, 2.24) is 15.1 Å². The van der Waals surface area contributed by atoms with Crippen molar-refractivity contribution in [2.45, 2.75) is 6.92 Å². The van der Waals surface area contributed by atoms with Crippen LogP contribution in [0.3, 0.4) is 0 Å². The van der Waals surface area contributed by atoms with E-state index in [1.165, 1.54) is 12.4 Å². The zero-order chi connectivity index (χ0) is 17.2. The molecule has 0 radical (unpaired) electrons. The Bertz CT molecular complexity index is 940. The molecular weight excluding hydrogens is 326 g/mol. The highest BCUT2D eigenvalue weighted by Crippen LogP contribution is 2.34. The van der Waals surface area contributed by atoms with Crippen LogP contribution in [0.25, 0.3) is 0 Å². The van der Waals surface area contributed by atoms with Crippen LogP contribution in [0.1, 0.15) is 16.2 Å². The fourth-order valence-corrected chi connectivity index (χ4v) is 2.28. The van der Waals surface area contributed by atoms with Gasteiger partial charge in [0.15, 0.2) is 17.3 Å². The van der Waals surface area contributed by atoms with Gasteiger partial charge in [0.1, 0.15) is 23.6 Å². The molecule has 25 heavy (non-hydrogen) atoms. The molecule has 0 saturated carbocycles. The Labute approximate surface area is 142 Å². The minimum absolute atomic E-state index is 0.193. The van der Waals surface area contributed by atoms with Crippen LogP contribution in [-0.2, 0) is 0 Å². The summed E-state index contributed by atoms with van der Waals surface area (Å²) in [6, 6.07) is 8.57. The number of hydrogen-bond donors (Lipinski definition) is 2. The summed E-state index contributed by atoms with van der Waals surface area (Å²) >= 11 is 0. The molecule has 3 aromatic rings. The Morgan fingerprint density at radius 1 is 1.08 bits per heavy atom. The van der Waals surface area contributed by atoms with Crippen LogP contribution in [0.4, 0.5) is 17.3 Å². The molecule has 0 aliphatic carbocycles. The highest BCUT2D eigenvalue weighted by Gasteiger charge is 2.14. The lowest BCUT2D eigenvalue weighted by Crippen LogP contribution is -2.14. The molecule has 126 valence electrons. The number of benzene rings is 1. The molecule has 0 spiro atoms. The Hall–Kier alpha value is -3.62. The van der Waals surface area contributed by atoms with Gasteiger partial charge >= 0.3 is 0 Å². The Balaban J connectivity index is 1.50. The summed E-state index contributed by atoms with van der Waals surface area (Å²) in [5, 5.41) is 9.41. The molecule has 0 atom stereocenters. The number of carbonyl (C=O) groups is 1. The van der Waals surface area contributed by atoms with Crippen LogP contribution in [0.15, 0.2) is 41.2 Å². The first-order valence-corrected chi connectivity index (χ1v) is 7.41. The van der Waals surface area contributed by atoms with Gasteiger partial charge in [0.05, 0.1) is 0 Å². The molecule has 2 N–H and O–H groups in total. The summed E-state index contributed by atoms with van der Waals surface area (Å²) in [7, 11) is 0. The monoisotopic (exact) mass is 339 g/mol. The van der Waals surface area contributed by atoms with Crippen LogP contribution < -0.4 is 20.1 Å². The van der Waals surface area contributed by atoms with Crippen molar-refractivity contribution < 1.29 is 18.8 Å². The summed E-state index contributed by atoms with van der Waals surface area (Å²) in [6.07, 6.45) is 1.30. The predicted molar refractivity (Wildman–Crippen MR) is 87.1 cm³/mol. The average molecular weight is 339 g/mol. The molecule has 4 rings (SSSR count). The van der Waals surface area contributed by atoms with E-state index in [9.17, 15) is 4.79 Å². The third-order valence-corrected chi connectivity index (χ3v) is 3.41. The molecule has 1 aromatic carbocycles. The van der Waals surface area contributed by atoms with Gasteiger partial charge in [-0.3, -0.25) is 4.79 Å². The number of nitrogens with one attached hydrogen (secondary N) is 2. The molecule has 0 bridgehead atoms. The molecule has 9 nitrogen and oxygen atoms in total. The van der Waals surface area contributed by atoms with Crippen molar-refractivity contribution in [2.24, 2.45) is 0 Å². The van der Waals surface area contributed by atoms with Crippen molar-refractivity contribution in [3.05, 3.63) is 48.1 Å². The maximum atomic E-state index is 12.2. The van der Waals surface area contributed by atoms with Crippen LogP contribution in [0, 0.1) is 6.92 Å². The molecule has 1 aliphatic rings. The molecule has 0 fully saturated rings. The van der Waals surface area contributed by atoms with E-state index in [2.05, 4.69) is 25.8 Å². The number of anilines is 3. The number of aryl methyl sites for hydroxylation is 1. The Morgan fingerprint density at radius 3 is 2.80 bits per heavy atom. The number of carbonyl (C=O) groups excluding carboxylic acids is 1. The van der Waals surface area contributed by atoms with Crippen LogP contribution >= 0.6 is 0 Å². The van der Waals surface area contributed by atoms with Gasteiger partial charge in [0, 0.05) is 23.9 Å². The third kappa shape index (κ3) is 3.20. The van der Waals surface area contributed by atoms with Gasteiger partial charge in [-0.05, 0) is 19.1 Å². The average Bonchev–Trinajstić information content (AvgIpc) is 3.23. The number of hydrogen-bond acceptors (Lipinski definition) is 8. The lowest BCUT2D eigenvalue weighted by Gasteiger charge is -2.07. The maximum Gasteiger partial charge on any atom is 0.275 e. The number of amides is 1. The highest BCUT2D eigenvalue weighted by molar-refractivity contribution is 6.02. The molecule has 1 amide bonds. The molecule has 0 saturated heterocycles. The van der Waals surface area contributed by atoms with Crippen molar-refractivity contribution in [3.63, 3.8) is 0 Å². The normalized spacial score (nSPS) is 12.0. The highest BCUT2D eigenvalue weighted by atomic mass is 16.7. The summed E-state index contributed by atoms with van der Waals surface area (Å²) in [6.45, 7) is 1.94. The standard InChI is InChI=1S/C16H13N5O4/c1-9-4-15(21-25-9)20-16(22)11-6-14(18-7-17-11)19-10-2-3-12-13(5-10)24-8-23-12/h2-7H,8H2,1H3,(H,17,18,19)(H,20,21,22). The van der Waals surface area contributed by atoms with E-state index in [4.69, 9.17) is 14.0 Å². The quantitative estimate of drug-likeness (QED) is 0.746. The fraction of sp³-hybridized carbons (Fsp3) is 0.125. The smallest absolute Gasteiger partial charge is 0.275 e. The van der Waals surface area contributed by atoms with E-state index in [0.717, 1.165) is 5.69 Å². The van der Waals surface area contributed by atoms with Gasteiger partial charge in [-0.25, -0.2) is 9.97 Å². The summed E-state index contributed by atoms with van der Waals surface area (Å²) in [4.78, 5) is 20.3. The molecule has 1 aliphatic heterocycles. The van der Waals surface area contributed by atoms with Gasteiger partial charge in [0.2, 0.25) is 6.79 Å². The van der Waals surface area contributed by atoms with E-state index < -0.39 is 5.91 Å².